The van der Waals surface area contributed by atoms with Gasteiger partial charge in [-0.2, -0.15) is 0 Å². The van der Waals surface area contributed by atoms with E-state index in [9.17, 15) is 14.4 Å². The van der Waals surface area contributed by atoms with Crippen LogP contribution in [0.5, 0.6) is 0 Å². The van der Waals surface area contributed by atoms with Gasteiger partial charge in [0.25, 0.3) is 0 Å². The highest BCUT2D eigenvalue weighted by Gasteiger charge is 2.19. The summed E-state index contributed by atoms with van der Waals surface area (Å²) in [5, 5.41) is 0. The van der Waals surface area contributed by atoms with Crippen molar-refractivity contribution in [1.82, 2.24) is 0 Å². The van der Waals surface area contributed by atoms with Gasteiger partial charge in [-0.15, -0.1) is 0 Å². The SMILES string of the molecule is CC/C=C\C/C=C\C/C=C\C/C=C\C/C=C\CCCC(=O)O[C@H](COC(=O)CCC/C=C\C/C=C\C/C=C\CCCCCCCC)COC(=O)CCCCCCCCCCCCCCCCCCCCC. The number of ether oxygens (including phenoxy) is 3. The van der Waals surface area contributed by atoms with E-state index in [1.807, 2.05) is 0 Å². The molecule has 0 aliphatic heterocycles. The number of esters is 3. The Morgan fingerprint density at radius 2 is 0.563 bits per heavy atom. The summed E-state index contributed by atoms with van der Waals surface area (Å²) in [6.45, 7) is 6.45. The molecular formula is C65H110O6. The van der Waals surface area contributed by atoms with Crippen LogP contribution in [0.4, 0.5) is 0 Å². The van der Waals surface area contributed by atoms with Crippen molar-refractivity contribution in [2.75, 3.05) is 13.2 Å². The number of unbranched alkanes of at least 4 members (excludes halogenated alkanes) is 26. The molecule has 0 aromatic carbocycles. The Bertz CT molecular complexity index is 1410. The lowest BCUT2D eigenvalue weighted by Gasteiger charge is -2.18. The summed E-state index contributed by atoms with van der Waals surface area (Å²) in [7, 11) is 0. The van der Waals surface area contributed by atoms with Crippen LogP contribution in [0.3, 0.4) is 0 Å². The minimum absolute atomic E-state index is 0.114. The molecule has 406 valence electrons. The Hall–Kier alpha value is -3.67. The van der Waals surface area contributed by atoms with Gasteiger partial charge in [0.2, 0.25) is 0 Å². The van der Waals surface area contributed by atoms with Gasteiger partial charge in [-0.1, -0.05) is 266 Å². The standard InChI is InChI=1S/C65H110O6/c1-4-7-10-13-16-19-22-25-28-31-32-35-37-40-43-46-49-52-55-58-64(67)70-61-62(71-65(68)59-56-53-50-47-44-41-38-34-30-27-24-21-18-15-12-9-6-3)60-69-63(66)57-54-51-48-45-42-39-36-33-29-26-23-20-17-14-11-8-5-2/h9,12,18,21,26-27,29-30,36,38-39,41,45,47-48,50,62H,4-8,10-11,13-17,19-20,22-25,28,31-35,37,40,42-44,46,49,51-61H2,1-3H3/b12-9-,21-18-,29-26-,30-27-,39-36-,41-38-,48-45-,50-47-/t62-/m1/s1. The van der Waals surface area contributed by atoms with Gasteiger partial charge in [-0.05, 0) is 89.9 Å². The average molecular weight is 988 g/mol. The van der Waals surface area contributed by atoms with E-state index in [1.165, 1.54) is 148 Å². The molecule has 0 N–H and O–H groups in total. The quantitative estimate of drug-likeness (QED) is 0.0261. The Labute approximate surface area is 438 Å². The molecule has 71 heavy (non-hydrogen) atoms. The van der Waals surface area contributed by atoms with Crippen LogP contribution in [0.2, 0.25) is 0 Å². The fourth-order valence-electron chi connectivity index (χ4n) is 8.14. The minimum Gasteiger partial charge on any atom is -0.462 e. The molecule has 0 spiro atoms. The largest absolute Gasteiger partial charge is 0.462 e. The third-order valence-corrected chi connectivity index (χ3v) is 12.6. The molecule has 0 radical (unpaired) electrons. The first-order chi connectivity index (χ1) is 35.0. The van der Waals surface area contributed by atoms with E-state index in [4.69, 9.17) is 14.2 Å². The molecule has 1 atom stereocenters. The molecule has 0 aromatic rings. The first-order valence-corrected chi connectivity index (χ1v) is 29.7. The zero-order valence-corrected chi connectivity index (χ0v) is 46.5. The third kappa shape index (κ3) is 57.1. The van der Waals surface area contributed by atoms with Crippen LogP contribution in [0.25, 0.3) is 0 Å². The van der Waals surface area contributed by atoms with Crippen LogP contribution >= 0.6 is 0 Å². The summed E-state index contributed by atoms with van der Waals surface area (Å²) in [6, 6.07) is 0. The summed E-state index contributed by atoms with van der Waals surface area (Å²) >= 11 is 0. The summed E-state index contributed by atoms with van der Waals surface area (Å²) in [5.41, 5.74) is 0. The van der Waals surface area contributed by atoms with Crippen LogP contribution < -0.4 is 0 Å². The van der Waals surface area contributed by atoms with E-state index in [0.29, 0.717) is 19.3 Å². The molecule has 0 bridgehead atoms. The second-order valence-corrected chi connectivity index (χ2v) is 19.5. The van der Waals surface area contributed by atoms with Crippen molar-refractivity contribution >= 4 is 17.9 Å². The molecule has 0 unspecified atom stereocenters. The Morgan fingerprint density at radius 3 is 0.915 bits per heavy atom. The normalized spacial score (nSPS) is 12.8. The van der Waals surface area contributed by atoms with Gasteiger partial charge < -0.3 is 14.2 Å². The smallest absolute Gasteiger partial charge is 0.306 e. The van der Waals surface area contributed by atoms with Crippen LogP contribution in [0.1, 0.15) is 278 Å². The molecule has 0 aliphatic carbocycles. The van der Waals surface area contributed by atoms with E-state index in [1.54, 1.807) is 0 Å². The average Bonchev–Trinajstić information content (AvgIpc) is 3.37. The molecular weight excluding hydrogens is 877 g/mol. The second kappa shape index (κ2) is 58.9. The van der Waals surface area contributed by atoms with Gasteiger partial charge in [0.05, 0.1) is 0 Å². The molecule has 0 fully saturated rings. The van der Waals surface area contributed by atoms with Crippen molar-refractivity contribution in [3.63, 3.8) is 0 Å². The van der Waals surface area contributed by atoms with E-state index >= 15 is 0 Å². The zero-order chi connectivity index (χ0) is 51.4. The Kier molecular flexibility index (Phi) is 55.9. The predicted molar refractivity (Wildman–Crippen MR) is 307 cm³/mol. The first kappa shape index (κ1) is 67.3. The number of hydrogen-bond acceptors (Lipinski definition) is 6. The van der Waals surface area contributed by atoms with Gasteiger partial charge >= 0.3 is 17.9 Å². The van der Waals surface area contributed by atoms with E-state index in [0.717, 1.165) is 77.0 Å². The molecule has 6 nitrogen and oxygen atoms in total. The lowest BCUT2D eigenvalue weighted by molar-refractivity contribution is -0.167. The minimum atomic E-state index is -0.828. The van der Waals surface area contributed by atoms with Crippen LogP contribution in [-0.2, 0) is 28.6 Å². The van der Waals surface area contributed by atoms with Crippen molar-refractivity contribution < 1.29 is 28.6 Å². The third-order valence-electron chi connectivity index (χ3n) is 12.6. The highest BCUT2D eigenvalue weighted by Crippen LogP contribution is 2.16. The molecule has 0 saturated heterocycles. The van der Waals surface area contributed by atoms with Gasteiger partial charge in [-0.25, -0.2) is 0 Å². The van der Waals surface area contributed by atoms with Gasteiger partial charge in [0.1, 0.15) is 13.2 Å². The maximum Gasteiger partial charge on any atom is 0.306 e. The molecule has 0 heterocycles. The van der Waals surface area contributed by atoms with Gasteiger partial charge in [0.15, 0.2) is 6.10 Å². The monoisotopic (exact) mass is 987 g/mol. The fourth-order valence-corrected chi connectivity index (χ4v) is 8.14. The molecule has 6 heteroatoms. The lowest BCUT2D eigenvalue weighted by atomic mass is 10.0. The molecule has 0 aliphatic rings. The molecule has 0 rings (SSSR count). The van der Waals surface area contributed by atoms with Crippen molar-refractivity contribution in [1.29, 1.82) is 0 Å². The van der Waals surface area contributed by atoms with Crippen molar-refractivity contribution in [3.8, 4) is 0 Å². The number of carbonyl (C=O) groups excluding carboxylic acids is 3. The topological polar surface area (TPSA) is 78.9 Å². The molecule has 0 aromatic heterocycles. The zero-order valence-electron chi connectivity index (χ0n) is 46.5. The highest BCUT2D eigenvalue weighted by molar-refractivity contribution is 5.71. The van der Waals surface area contributed by atoms with Crippen LogP contribution in [-0.4, -0.2) is 37.2 Å². The van der Waals surface area contributed by atoms with Gasteiger partial charge in [-0.3, -0.25) is 14.4 Å². The first-order valence-electron chi connectivity index (χ1n) is 29.7. The van der Waals surface area contributed by atoms with Crippen LogP contribution in [0.15, 0.2) is 97.2 Å². The van der Waals surface area contributed by atoms with Crippen molar-refractivity contribution in [3.05, 3.63) is 97.2 Å². The summed E-state index contributed by atoms with van der Waals surface area (Å²) < 4.78 is 16.8. The van der Waals surface area contributed by atoms with E-state index < -0.39 is 6.10 Å². The number of hydrogen-bond donors (Lipinski definition) is 0. The lowest BCUT2D eigenvalue weighted by Crippen LogP contribution is -2.30. The van der Waals surface area contributed by atoms with E-state index in [2.05, 4.69) is 118 Å². The summed E-state index contributed by atoms with van der Waals surface area (Å²) in [6.07, 6.45) is 78.5. The summed E-state index contributed by atoms with van der Waals surface area (Å²) in [5.74, 6) is -1.02. The molecule has 0 amide bonds. The highest BCUT2D eigenvalue weighted by atomic mass is 16.6. The second-order valence-electron chi connectivity index (χ2n) is 19.5. The fraction of sp³-hybridized carbons (Fsp3) is 0.708. The Balaban J connectivity index is 4.51. The number of carbonyl (C=O) groups is 3. The summed E-state index contributed by atoms with van der Waals surface area (Å²) in [4.78, 5) is 38.2. The van der Waals surface area contributed by atoms with E-state index in [-0.39, 0.29) is 44.0 Å². The van der Waals surface area contributed by atoms with Gasteiger partial charge in [0, 0.05) is 19.3 Å². The Morgan fingerprint density at radius 1 is 0.296 bits per heavy atom. The number of rotatable bonds is 53. The van der Waals surface area contributed by atoms with Crippen LogP contribution in [0, 0.1) is 0 Å². The van der Waals surface area contributed by atoms with Crippen molar-refractivity contribution in [2.24, 2.45) is 0 Å². The maximum atomic E-state index is 12.8. The maximum absolute atomic E-state index is 12.8. The predicted octanol–water partition coefficient (Wildman–Crippen LogP) is 20.1. The molecule has 0 saturated carbocycles. The number of allylic oxidation sites excluding steroid dienone is 16. The van der Waals surface area contributed by atoms with Crippen molar-refractivity contribution in [2.45, 2.75) is 284 Å².